The largest absolute Gasteiger partial charge is 0.494 e. The van der Waals surface area contributed by atoms with Crippen LogP contribution in [0.25, 0.3) is 10.9 Å². The van der Waals surface area contributed by atoms with Crippen molar-refractivity contribution in [2.45, 2.75) is 13.3 Å². The van der Waals surface area contributed by atoms with Gasteiger partial charge in [-0.25, -0.2) is 9.66 Å². The molecule has 0 aliphatic carbocycles. The third kappa shape index (κ3) is 3.43. The monoisotopic (exact) mass is 323 g/mol. The Balaban J connectivity index is 1.73. The Bertz CT molecular complexity index is 917. The Morgan fingerprint density at radius 1 is 1.17 bits per heavy atom. The fourth-order valence-electron chi connectivity index (χ4n) is 2.38. The molecular formula is C18H17N3O3. The van der Waals surface area contributed by atoms with Gasteiger partial charge in [0.2, 0.25) is 5.91 Å². The van der Waals surface area contributed by atoms with E-state index in [1.165, 1.54) is 6.33 Å². The average Bonchev–Trinajstić information content (AvgIpc) is 2.60. The van der Waals surface area contributed by atoms with Crippen molar-refractivity contribution < 1.29 is 9.53 Å². The molecule has 0 aliphatic rings. The van der Waals surface area contributed by atoms with E-state index in [2.05, 4.69) is 10.4 Å². The lowest BCUT2D eigenvalue weighted by atomic mass is 10.1. The predicted octanol–water partition coefficient (Wildman–Crippen LogP) is 2.11. The number of benzene rings is 2. The maximum absolute atomic E-state index is 12.3. The Labute approximate surface area is 138 Å². The van der Waals surface area contributed by atoms with Crippen LogP contribution in [0, 0.1) is 0 Å². The smallest absolute Gasteiger partial charge is 0.280 e. The number of hydrogen-bond donors (Lipinski definition) is 1. The van der Waals surface area contributed by atoms with E-state index in [-0.39, 0.29) is 17.9 Å². The Kier molecular flexibility index (Phi) is 4.56. The van der Waals surface area contributed by atoms with E-state index in [1.807, 2.05) is 37.3 Å². The molecule has 6 nitrogen and oxygen atoms in total. The number of ether oxygens (including phenoxy) is 1. The summed E-state index contributed by atoms with van der Waals surface area (Å²) in [6, 6.07) is 14.3. The number of rotatable bonds is 5. The van der Waals surface area contributed by atoms with Gasteiger partial charge < -0.3 is 4.74 Å². The SMILES string of the molecule is CCOc1ccc(CC(=O)Nn2cnc3ccccc3c2=O)cc1. The Hall–Kier alpha value is -3.15. The van der Waals surface area contributed by atoms with Gasteiger partial charge in [0.25, 0.3) is 5.56 Å². The third-order valence-electron chi connectivity index (χ3n) is 3.51. The molecule has 0 saturated carbocycles. The van der Waals surface area contributed by atoms with Crippen molar-refractivity contribution >= 4 is 16.8 Å². The van der Waals surface area contributed by atoms with Crippen molar-refractivity contribution in [1.29, 1.82) is 0 Å². The minimum absolute atomic E-state index is 0.158. The third-order valence-corrected chi connectivity index (χ3v) is 3.51. The highest BCUT2D eigenvalue weighted by Crippen LogP contribution is 2.12. The standard InChI is InChI=1S/C18H17N3O3/c1-2-24-14-9-7-13(8-10-14)11-17(22)20-21-12-19-16-6-4-3-5-15(16)18(21)23/h3-10,12H,2,11H2,1H3,(H,20,22). The molecule has 3 rings (SSSR count). The first-order valence-electron chi connectivity index (χ1n) is 7.65. The van der Waals surface area contributed by atoms with Gasteiger partial charge in [0, 0.05) is 0 Å². The van der Waals surface area contributed by atoms with Crippen LogP contribution in [0.2, 0.25) is 0 Å². The molecular weight excluding hydrogens is 306 g/mol. The van der Waals surface area contributed by atoms with E-state index >= 15 is 0 Å². The molecule has 0 aliphatic heterocycles. The van der Waals surface area contributed by atoms with Crippen LogP contribution in [0.15, 0.2) is 59.7 Å². The molecule has 122 valence electrons. The highest BCUT2D eigenvalue weighted by atomic mass is 16.5. The van der Waals surface area contributed by atoms with Gasteiger partial charge in [-0.2, -0.15) is 0 Å². The molecule has 0 spiro atoms. The molecule has 1 amide bonds. The topological polar surface area (TPSA) is 73.2 Å². The molecule has 6 heteroatoms. The first kappa shape index (κ1) is 15.7. The van der Waals surface area contributed by atoms with Crippen molar-refractivity contribution in [2.24, 2.45) is 0 Å². The Morgan fingerprint density at radius 2 is 1.92 bits per heavy atom. The van der Waals surface area contributed by atoms with Crippen LogP contribution in [0.1, 0.15) is 12.5 Å². The minimum Gasteiger partial charge on any atom is -0.494 e. The minimum atomic E-state index is -0.305. The van der Waals surface area contributed by atoms with Gasteiger partial charge in [-0.05, 0) is 36.8 Å². The number of nitrogens with one attached hydrogen (secondary N) is 1. The lowest BCUT2D eigenvalue weighted by Gasteiger charge is -2.09. The van der Waals surface area contributed by atoms with E-state index in [4.69, 9.17) is 4.74 Å². The molecule has 24 heavy (non-hydrogen) atoms. The summed E-state index contributed by atoms with van der Waals surface area (Å²) >= 11 is 0. The van der Waals surface area contributed by atoms with E-state index in [0.717, 1.165) is 16.0 Å². The predicted molar refractivity (Wildman–Crippen MR) is 91.7 cm³/mol. The number of para-hydroxylation sites is 1. The lowest BCUT2D eigenvalue weighted by molar-refractivity contribution is -0.116. The van der Waals surface area contributed by atoms with Crippen LogP contribution >= 0.6 is 0 Å². The summed E-state index contributed by atoms with van der Waals surface area (Å²) in [5.41, 5.74) is 3.69. The van der Waals surface area contributed by atoms with Gasteiger partial charge in [0.15, 0.2) is 0 Å². The van der Waals surface area contributed by atoms with Crippen LogP contribution in [0.4, 0.5) is 0 Å². The van der Waals surface area contributed by atoms with E-state index in [1.54, 1.807) is 18.2 Å². The zero-order valence-electron chi connectivity index (χ0n) is 13.2. The van der Waals surface area contributed by atoms with Crippen LogP contribution in [0.3, 0.4) is 0 Å². The molecule has 3 aromatic rings. The number of fused-ring (bicyclic) bond motifs is 1. The molecule has 2 aromatic carbocycles. The van der Waals surface area contributed by atoms with Crippen LogP contribution in [-0.2, 0) is 11.2 Å². The summed E-state index contributed by atoms with van der Waals surface area (Å²) < 4.78 is 6.47. The number of carbonyl (C=O) groups excluding carboxylic acids is 1. The average molecular weight is 323 g/mol. The summed E-state index contributed by atoms with van der Waals surface area (Å²) in [6.07, 6.45) is 1.48. The van der Waals surface area contributed by atoms with E-state index in [0.29, 0.717) is 17.5 Å². The first-order valence-corrected chi connectivity index (χ1v) is 7.65. The maximum Gasteiger partial charge on any atom is 0.280 e. The quantitative estimate of drug-likeness (QED) is 0.780. The summed E-state index contributed by atoms with van der Waals surface area (Å²) in [7, 11) is 0. The van der Waals surface area contributed by atoms with Gasteiger partial charge in [-0.15, -0.1) is 0 Å². The molecule has 0 fully saturated rings. The molecule has 1 N–H and O–H groups in total. The zero-order chi connectivity index (χ0) is 16.9. The second-order valence-electron chi connectivity index (χ2n) is 5.23. The van der Waals surface area contributed by atoms with E-state index < -0.39 is 0 Å². The van der Waals surface area contributed by atoms with Crippen molar-refractivity contribution in [1.82, 2.24) is 9.66 Å². The van der Waals surface area contributed by atoms with Gasteiger partial charge in [0.05, 0.1) is 23.9 Å². The van der Waals surface area contributed by atoms with Gasteiger partial charge in [-0.3, -0.25) is 15.0 Å². The molecule has 1 aromatic heterocycles. The van der Waals surface area contributed by atoms with Gasteiger partial charge in [-0.1, -0.05) is 24.3 Å². The highest BCUT2D eigenvalue weighted by molar-refractivity contribution is 5.86. The molecule has 1 heterocycles. The number of amides is 1. The van der Waals surface area contributed by atoms with Crippen molar-refractivity contribution in [2.75, 3.05) is 12.0 Å². The van der Waals surface area contributed by atoms with Crippen molar-refractivity contribution in [3.8, 4) is 5.75 Å². The fourth-order valence-corrected chi connectivity index (χ4v) is 2.38. The summed E-state index contributed by atoms with van der Waals surface area (Å²) in [4.78, 5) is 28.6. The van der Waals surface area contributed by atoms with Crippen LogP contribution < -0.4 is 15.7 Å². The Morgan fingerprint density at radius 3 is 2.67 bits per heavy atom. The normalized spacial score (nSPS) is 10.5. The molecule has 0 saturated heterocycles. The molecule has 0 atom stereocenters. The van der Waals surface area contributed by atoms with Gasteiger partial charge >= 0.3 is 0 Å². The van der Waals surface area contributed by atoms with Crippen molar-refractivity contribution in [3.05, 3.63) is 70.8 Å². The fraction of sp³-hybridized carbons (Fsp3) is 0.167. The second-order valence-corrected chi connectivity index (χ2v) is 5.23. The maximum atomic E-state index is 12.3. The number of aromatic nitrogens is 2. The molecule has 0 radical (unpaired) electrons. The number of nitrogens with zero attached hydrogens (tertiary/aromatic N) is 2. The number of hydrogen-bond acceptors (Lipinski definition) is 4. The summed E-state index contributed by atoms with van der Waals surface area (Å²) in [5.74, 6) is 0.468. The van der Waals surface area contributed by atoms with E-state index in [9.17, 15) is 9.59 Å². The zero-order valence-corrected chi connectivity index (χ0v) is 13.2. The molecule has 0 bridgehead atoms. The van der Waals surface area contributed by atoms with Crippen molar-refractivity contribution in [3.63, 3.8) is 0 Å². The van der Waals surface area contributed by atoms with Crippen LogP contribution in [0.5, 0.6) is 5.75 Å². The van der Waals surface area contributed by atoms with Gasteiger partial charge in [0.1, 0.15) is 12.1 Å². The second kappa shape index (κ2) is 6.95. The lowest BCUT2D eigenvalue weighted by Crippen LogP contribution is -2.34. The van der Waals surface area contributed by atoms with Crippen LogP contribution in [-0.4, -0.2) is 22.2 Å². The summed E-state index contributed by atoms with van der Waals surface area (Å²) in [6.45, 7) is 2.51. The first-order chi connectivity index (χ1) is 11.7. The highest BCUT2D eigenvalue weighted by Gasteiger charge is 2.08. The number of carbonyl (C=O) groups is 1. The summed E-state index contributed by atoms with van der Waals surface area (Å²) in [5, 5.41) is 0.460. The molecule has 0 unspecified atom stereocenters.